The maximum Gasteiger partial charge on any atom is 0.228 e. The molecule has 2 heterocycles. The van der Waals surface area contributed by atoms with Gasteiger partial charge in [0.1, 0.15) is 11.9 Å². The van der Waals surface area contributed by atoms with Gasteiger partial charge in [0, 0.05) is 26.6 Å². The summed E-state index contributed by atoms with van der Waals surface area (Å²) in [4.78, 5) is 27.9. The van der Waals surface area contributed by atoms with Crippen molar-refractivity contribution in [1.29, 1.82) is 0 Å². The number of nitrogens with zero attached hydrogens (tertiary/aromatic N) is 2. The summed E-state index contributed by atoms with van der Waals surface area (Å²) >= 11 is 0. The van der Waals surface area contributed by atoms with Gasteiger partial charge in [0.15, 0.2) is 0 Å². The third kappa shape index (κ3) is 4.09. The van der Waals surface area contributed by atoms with E-state index >= 15 is 0 Å². The molecule has 0 aliphatic carbocycles. The molecular weight excluding hydrogens is 320 g/mol. The zero-order chi connectivity index (χ0) is 17.8. The third-order valence-corrected chi connectivity index (χ3v) is 4.48. The lowest BCUT2D eigenvalue weighted by molar-refractivity contribution is -0.138. The van der Waals surface area contributed by atoms with Crippen LogP contribution in [0.1, 0.15) is 23.8 Å². The van der Waals surface area contributed by atoms with Crippen LogP contribution in [0.4, 0.5) is 0 Å². The Morgan fingerprint density at radius 3 is 2.68 bits per heavy atom. The van der Waals surface area contributed by atoms with Crippen molar-refractivity contribution in [1.82, 2.24) is 9.80 Å². The first-order chi connectivity index (χ1) is 12.0. The molecular formula is C19H22N2O4. The smallest absolute Gasteiger partial charge is 0.228 e. The Bertz CT molecular complexity index is 714. The first-order valence-corrected chi connectivity index (χ1v) is 8.32. The Morgan fingerprint density at radius 1 is 1.32 bits per heavy atom. The standard InChI is InChI=1S/C19H22N2O4/c1-20-12-15(10-18(20)23)19(24)21(11-14-6-3-2-4-7-14)13-16(22)17-8-5-9-25-17/h2-9,15-16,22H,10-13H2,1H3/t15-,16+/m0/s1. The number of aliphatic hydroxyl groups excluding tert-OH is 1. The predicted octanol–water partition coefficient (Wildman–Crippen LogP) is 1.82. The zero-order valence-electron chi connectivity index (χ0n) is 14.2. The van der Waals surface area contributed by atoms with Crippen molar-refractivity contribution in [2.24, 2.45) is 5.92 Å². The van der Waals surface area contributed by atoms with E-state index < -0.39 is 6.10 Å². The molecule has 0 radical (unpaired) electrons. The summed E-state index contributed by atoms with van der Waals surface area (Å²) in [5.41, 5.74) is 0.972. The highest BCUT2D eigenvalue weighted by molar-refractivity contribution is 5.89. The quantitative estimate of drug-likeness (QED) is 0.869. The number of carbonyl (C=O) groups excluding carboxylic acids is 2. The minimum atomic E-state index is -0.905. The van der Waals surface area contributed by atoms with E-state index in [0.717, 1.165) is 5.56 Å². The molecule has 2 amide bonds. The van der Waals surface area contributed by atoms with Crippen LogP contribution in [0.25, 0.3) is 0 Å². The molecule has 3 rings (SSSR count). The van der Waals surface area contributed by atoms with Crippen LogP contribution in [-0.2, 0) is 16.1 Å². The lowest BCUT2D eigenvalue weighted by Crippen LogP contribution is -2.39. The summed E-state index contributed by atoms with van der Waals surface area (Å²) in [5.74, 6) is -0.0905. The molecule has 25 heavy (non-hydrogen) atoms. The molecule has 2 atom stereocenters. The number of likely N-dealkylation sites (tertiary alicyclic amines) is 1. The molecule has 0 saturated carbocycles. The van der Waals surface area contributed by atoms with Crippen LogP contribution in [-0.4, -0.2) is 46.9 Å². The maximum absolute atomic E-state index is 13.0. The largest absolute Gasteiger partial charge is 0.467 e. The second kappa shape index (κ2) is 7.53. The normalized spacial score (nSPS) is 18.4. The number of benzene rings is 1. The summed E-state index contributed by atoms with van der Waals surface area (Å²) < 4.78 is 5.24. The molecule has 0 unspecified atom stereocenters. The van der Waals surface area contributed by atoms with Gasteiger partial charge in [-0.05, 0) is 17.7 Å². The van der Waals surface area contributed by atoms with E-state index in [0.29, 0.717) is 18.8 Å². The molecule has 132 valence electrons. The molecule has 0 spiro atoms. The molecule has 1 aliphatic heterocycles. The van der Waals surface area contributed by atoms with E-state index in [9.17, 15) is 14.7 Å². The van der Waals surface area contributed by atoms with E-state index in [1.165, 1.54) is 6.26 Å². The molecule has 1 aromatic heterocycles. The van der Waals surface area contributed by atoms with Gasteiger partial charge in [-0.3, -0.25) is 9.59 Å². The number of aliphatic hydroxyl groups is 1. The molecule has 1 N–H and O–H groups in total. The fourth-order valence-electron chi connectivity index (χ4n) is 3.10. The fourth-order valence-corrected chi connectivity index (χ4v) is 3.10. The summed E-state index contributed by atoms with van der Waals surface area (Å²) in [7, 11) is 1.70. The van der Waals surface area contributed by atoms with Crippen LogP contribution in [0.3, 0.4) is 0 Å². The fraction of sp³-hybridized carbons (Fsp3) is 0.368. The number of hydrogen-bond acceptors (Lipinski definition) is 4. The molecule has 0 bridgehead atoms. The van der Waals surface area contributed by atoms with Crippen molar-refractivity contribution >= 4 is 11.8 Å². The molecule has 1 aromatic carbocycles. The van der Waals surface area contributed by atoms with Gasteiger partial charge in [-0.15, -0.1) is 0 Å². The van der Waals surface area contributed by atoms with Gasteiger partial charge in [0.2, 0.25) is 11.8 Å². The van der Waals surface area contributed by atoms with Gasteiger partial charge in [-0.2, -0.15) is 0 Å². The zero-order valence-corrected chi connectivity index (χ0v) is 14.2. The lowest BCUT2D eigenvalue weighted by Gasteiger charge is -2.27. The van der Waals surface area contributed by atoms with Crippen LogP contribution in [0.2, 0.25) is 0 Å². The van der Waals surface area contributed by atoms with E-state index in [-0.39, 0.29) is 30.7 Å². The SMILES string of the molecule is CN1C[C@@H](C(=O)N(Cc2ccccc2)C[C@@H](O)c2ccco2)CC1=O. The number of rotatable bonds is 6. The van der Waals surface area contributed by atoms with Crippen molar-refractivity contribution < 1.29 is 19.1 Å². The highest BCUT2D eigenvalue weighted by atomic mass is 16.4. The summed E-state index contributed by atoms with van der Waals surface area (Å²) in [6.45, 7) is 0.918. The molecule has 6 nitrogen and oxygen atoms in total. The Kier molecular flexibility index (Phi) is 5.19. The lowest BCUT2D eigenvalue weighted by atomic mass is 10.1. The summed E-state index contributed by atoms with van der Waals surface area (Å²) in [6.07, 6.45) is 0.807. The van der Waals surface area contributed by atoms with E-state index in [2.05, 4.69) is 0 Å². The minimum absolute atomic E-state index is 0.0235. The number of amides is 2. The average Bonchev–Trinajstić information content (AvgIpc) is 3.25. The van der Waals surface area contributed by atoms with Gasteiger partial charge < -0.3 is 19.3 Å². The first-order valence-electron chi connectivity index (χ1n) is 8.32. The minimum Gasteiger partial charge on any atom is -0.467 e. The number of furan rings is 1. The van der Waals surface area contributed by atoms with E-state index in [4.69, 9.17) is 4.42 Å². The number of carbonyl (C=O) groups is 2. The van der Waals surface area contributed by atoms with E-state index in [1.54, 1.807) is 29.0 Å². The van der Waals surface area contributed by atoms with Crippen molar-refractivity contribution in [2.45, 2.75) is 19.1 Å². The van der Waals surface area contributed by atoms with Gasteiger partial charge in [0.05, 0.1) is 18.7 Å². The predicted molar refractivity (Wildman–Crippen MR) is 91.3 cm³/mol. The molecule has 1 fully saturated rings. The Balaban J connectivity index is 1.76. The Hall–Kier alpha value is -2.60. The van der Waals surface area contributed by atoms with Crippen LogP contribution in [0.15, 0.2) is 53.1 Å². The summed E-state index contributed by atoms with van der Waals surface area (Å²) in [6, 6.07) is 13.0. The average molecular weight is 342 g/mol. The van der Waals surface area contributed by atoms with Crippen molar-refractivity contribution in [2.75, 3.05) is 20.1 Å². The van der Waals surface area contributed by atoms with Crippen molar-refractivity contribution in [3.63, 3.8) is 0 Å². The number of hydrogen-bond donors (Lipinski definition) is 1. The monoisotopic (exact) mass is 342 g/mol. The highest BCUT2D eigenvalue weighted by Gasteiger charge is 2.35. The van der Waals surface area contributed by atoms with Crippen LogP contribution in [0, 0.1) is 5.92 Å². The van der Waals surface area contributed by atoms with Gasteiger partial charge in [0.25, 0.3) is 0 Å². The molecule has 1 aliphatic rings. The maximum atomic E-state index is 13.0. The molecule has 2 aromatic rings. The molecule has 1 saturated heterocycles. The van der Waals surface area contributed by atoms with Crippen LogP contribution in [0.5, 0.6) is 0 Å². The van der Waals surface area contributed by atoms with Crippen LogP contribution < -0.4 is 0 Å². The second-order valence-corrected chi connectivity index (χ2v) is 6.41. The van der Waals surface area contributed by atoms with Crippen molar-refractivity contribution in [3.8, 4) is 0 Å². The van der Waals surface area contributed by atoms with Crippen LogP contribution >= 0.6 is 0 Å². The van der Waals surface area contributed by atoms with Gasteiger partial charge in [-0.1, -0.05) is 30.3 Å². The highest BCUT2D eigenvalue weighted by Crippen LogP contribution is 2.22. The first kappa shape index (κ1) is 17.2. The van der Waals surface area contributed by atoms with Gasteiger partial charge >= 0.3 is 0 Å². The Morgan fingerprint density at radius 2 is 2.08 bits per heavy atom. The Labute approximate surface area is 146 Å². The third-order valence-electron chi connectivity index (χ3n) is 4.48. The van der Waals surface area contributed by atoms with Crippen molar-refractivity contribution in [3.05, 3.63) is 60.1 Å². The summed E-state index contributed by atoms with van der Waals surface area (Å²) in [5, 5.41) is 10.4. The molecule has 6 heteroatoms. The second-order valence-electron chi connectivity index (χ2n) is 6.41. The van der Waals surface area contributed by atoms with Gasteiger partial charge in [-0.25, -0.2) is 0 Å². The topological polar surface area (TPSA) is 74.0 Å². The van der Waals surface area contributed by atoms with E-state index in [1.807, 2.05) is 30.3 Å².